The summed E-state index contributed by atoms with van der Waals surface area (Å²) >= 11 is 6.02. The maximum absolute atomic E-state index is 12.8. The molecule has 0 unspecified atom stereocenters. The molecule has 0 spiro atoms. The van der Waals surface area contributed by atoms with Gasteiger partial charge in [0.25, 0.3) is 0 Å². The number of urea groups is 1. The third-order valence-electron chi connectivity index (χ3n) is 4.30. The minimum absolute atomic E-state index is 0.0651. The van der Waals surface area contributed by atoms with Gasteiger partial charge < -0.3 is 10.2 Å². The third kappa shape index (κ3) is 6.15. The molecule has 4 heteroatoms. The topological polar surface area (TPSA) is 32.3 Å². The SMILES string of the molecule is O=C(NCCc1cccc(Cl)c1)N(Cc1ccccc1)Cc1ccccc1. The van der Waals surface area contributed by atoms with E-state index in [1.54, 1.807) is 0 Å². The molecule has 0 saturated heterocycles. The van der Waals surface area contributed by atoms with Crippen molar-refractivity contribution in [3.8, 4) is 0 Å². The molecule has 0 aliphatic heterocycles. The summed E-state index contributed by atoms with van der Waals surface area (Å²) in [7, 11) is 0. The van der Waals surface area contributed by atoms with Gasteiger partial charge in [0.15, 0.2) is 0 Å². The Hall–Kier alpha value is -2.78. The van der Waals surface area contributed by atoms with Crippen molar-refractivity contribution in [3.63, 3.8) is 0 Å². The molecule has 0 saturated carbocycles. The Morgan fingerprint density at radius 2 is 1.33 bits per heavy atom. The molecule has 2 amide bonds. The summed E-state index contributed by atoms with van der Waals surface area (Å²) in [5.74, 6) is 0. The Kier molecular flexibility index (Phi) is 6.89. The first-order valence-electron chi connectivity index (χ1n) is 9.06. The van der Waals surface area contributed by atoms with E-state index < -0.39 is 0 Å². The Balaban J connectivity index is 1.62. The van der Waals surface area contributed by atoms with Gasteiger partial charge in [0.2, 0.25) is 0 Å². The van der Waals surface area contributed by atoms with E-state index in [-0.39, 0.29) is 6.03 Å². The first-order chi connectivity index (χ1) is 13.2. The van der Waals surface area contributed by atoms with Crippen molar-refractivity contribution in [2.24, 2.45) is 0 Å². The summed E-state index contributed by atoms with van der Waals surface area (Å²) in [4.78, 5) is 14.6. The van der Waals surface area contributed by atoms with Gasteiger partial charge >= 0.3 is 6.03 Å². The fourth-order valence-electron chi connectivity index (χ4n) is 2.93. The number of hydrogen-bond donors (Lipinski definition) is 1. The standard InChI is InChI=1S/C23H23ClN2O/c24-22-13-7-12-19(16-22)14-15-25-23(27)26(17-20-8-3-1-4-9-20)18-21-10-5-2-6-11-21/h1-13,16H,14-15,17-18H2,(H,25,27). The molecule has 0 aliphatic carbocycles. The third-order valence-corrected chi connectivity index (χ3v) is 4.53. The van der Waals surface area contributed by atoms with Crippen molar-refractivity contribution in [1.82, 2.24) is 10.2 Å². The van der Waals surface area contributed by atoms with E-state index in [0.717, 1.165) is 23.1 Å². The van der Waals surface area contributed by atoms with Crippen LogP contribution in [0.1, 0.15) is 16.7 Å². The van der Waals surface area contributed by atoms with Crippen LogP contribution in [0.15, 0.2) is 84.9 Å². The fraction of sp³-hybridized carbons (Fsp3) is 0.174. The van der Waals surface area contributed by atoms with Crippen molar-refractivity contribution < 1.29 is 4.79 Å². The summed E-state index contributed by atoms with van der Waals surface area (Å²) in [6.45, 7) is 1.71. The minimum Gasteiger partial charge on any atom is -0.338 e. The first-order valence-corrected chi connectivity index (χ1v) is 9.43. The lowest BCUT2D eigenvalue weighted by atomic mass is 10.1. The number of benzene rings is 3. The smallest absolute Gasteiger partial charge is 0.318 e. The lowest BCUT2D eigenvalue weighted by Gasteiger charge is -2.23. The van der Waals surface area contributed by atoms with Crippen molar-refractivity contribution in [2.75, 3.05) is 6.54 Å². The predicted molar refractivity (Wildman–Crippen MR) is 111 cm³/mol. The average molecular weight is 379 g/mol. The second-order valence-corrected chi connectivity index (χ2v) is 6.88. The van der Waals surface area contributed by atoms with Gasteiger partial charge in [-0.25, -0.2) is 4.79 Å². The van der Waals surface area contributed by atoms with Crippen LogP contribution in [0.5, 0.6) is 0 Å². The van der Waals surface area contributed by atoms with Crippen LogP contribution < -0.4 is 5.32 Å². The Labute approximate surface area is 165 Å². The van der Waals surface area contributed by atoms with E-state index in [1.165, 1.54) is 0 Å². The van der Waals surface area contributed by atoms with Crippen molar-refractivity contribution in [2.45, 2.75) is 19.5 Å². The van der Waals surface area contributed by atoms with Crippen molar-refractivity contribution >= 4 is 17.6 Å². The molecule has 3 aromatic rings. The monoisotopic (exact) mass is 378 g/mol. The van der Waals surface area contributed by atoms with Crippen molar-refractivity contribution in [3.05, 3.63) is 107 Å². The lowest BCUT2D eigenvalue weighted by Crippen LogP contribution is -2.40. The van der Waals surface area contributed by atoms with Crippen LogP contribution in [0.2, 0.25) is 5.02 Å². The van der Waals surface area contributed by atoms with E-state index in [9.17, 15) is 4.79 Å². The molecular formula is C23H23ClN2O. The van der Waals surface area contributed by atoms with Crippen LogP contribution >= 0.6 is 11.6 Å². The number of hydrogen-bond acceptors (Lipinski definition) is 1. The zero-order chi connectivity index (χ0) is 18.9. The summed E-state index contributed by atoms with van der Waals surface area (Å²) in [6.07, 6.45) is 0.747. The van der Waals surface area contributed by atoms with Crippen LogP contribution in [0.4, 0.5) is 4.79 Å². The molecule has 3 nitrogen and oxygen atoms in total. The highest BCUT2D eigenvalue weighted by Gasteiger charge is 2.14. The average Bonchev–Trinajstić information content (AvgIpc) is 2.69. The van der Waals surface area contributed by atoms with Crippen LogP contribution in [0, 0.1) is 0 Å². The van der Waals surface area contributed by atoms with Gasteiger partial charge in [-0.1, -0.05) is 84.4 Å². The predicted octanol–water partition coefficient (Wildman–Crippen LogP) is 5.29. The maximum Gasteiger partial charge on any atom is 0.318 e. The molecule has 0 atom stereocenters. The minimum atomic E-state index is -0.0651. The number of carbonyl (C=O) groups excluding carboxylic acids is 1. The van der Waals surface area contributed by atoms with Gasteiger partial charge in [0, 0.05) is 24.7 Å². The molecule has 0 aromatic heterocycles. The summed E-state index contributed by atoms with van der Waals surface area (Å²) in [5.41, 5.74) is 3.33. The molecule has 0 fully saturated rings. The summed E-state index contributed by atoms with van der Waals surface area (Å²) in [6, 6.07) is 27.8. The quantitative estimate of drug-likeness (QED) is 0.594. The number of nitrogens with one attached hydrogen (secondary N) is 1. The van der Waals surface area contributed by atoms with E-state index in [2.05, 4.69) is 5.32 Å². The second kappa shape index (κ2) is 9.79. The molecule has 0 heterocycles. The molecular weight excluding hydrogens is 356 g/mol. The molecule has 0 radical (unpaired) electrons. The molecule has 3 aromatic carbocycles. The largest absolute Gasteiger partial charge is 0.338 e. The zero-order valence-electron chi connectivity index (χ0n) is 15.1. The van der Waals surface area contributed by atoms with Gasteiger partial charge in [-0.05, 0) is 35.2 Å². The Morgan fingerprint density at radius 1 is 0.778 bits per heavy atom. The van der Waals surface area contributed by atoms with E-state index >= 15 is 0 Å². The van der Waals surface area contributed by atoms with Crippen LogP contribution in [0.3, 0.4) is 0 Å². The van der Waals surface area contributed by atoms with Gasteiger partial charge in [-0.3, -0.25) is 0 Å². The van der Waals surface area contributed by atoms with E-state index in [4.69, 9.17) is 11.6 Å². The number of amides is 2. The van der Waals surface area contributed by atoms with Gasteiger partial charge in [0.05, 0.1) is 0 Å². The van der Waals surface area contributed by atoms with Gasteiger partial charge in [-0.2, -0.15) is 0 Å². The molecule has 0 aliphatic rings. The molecule has 3 rings (SSSR count). The van der Waals surface area contributed by atoms with Gasteiger partial charge in [-0.15, -0.1) is 0 Å². The highest BCUT2D eigenvalue weighted by atomic mass is 35.5. The number of rotatable bonds is 7. The normalized spacial score (nSPS) is 10.4. The van der Waals surface area contributed by atoms with Crippen LogP contribution in [0.25, 0.3) is 0 Å². The number of halogens is 1. The van der Waals surface area contributed by atoms with Crippen molar-refractivity contribution in [1.29, 1.82) is 0 Å². The van der Waals surface area contributed by atoms with E-state index in [0.29, 0.717) is 24.7 Å². The number of carbonyl (C=O) groups is 1. The Morgan fingerprint density at radius 3 is 1.89 bits per heavy atom. The highest BCUT2D eigenvalue weighted by molar-refractivity contribution is 6.30. The molecule has 138 valence electrons. The molecule has 27 heavy (non-hydrogen) atoms. The fourth-order valence-corrected chi connectivity index (χ4v) is 3.14. The molecule has 1 N–H and O–H groups in total. The molecule has 0 bridgehead atoms. The second-order valence-electron chi connectivity index (χ2n) is 6.44. The van der Waals surface area contributed by atoms with E-state index in [1.807, 2.05) is 89.8 Å². The number of nitrogens with zero attached hydrogens (tertiary/aromatic N) is 1. The summed E-state index contributed by atoms with van der Waals surface area (Å²) < 4.78 is 0. The van der Waals surface area contributed by atoms with Gasteiger partial charge in [0.1, 0.15) is 0 Å². The summed E-state index contributed by atoms with van der Waals surface area (Å²) in [5, 5.41) is 3.75. The Bertz CT molecular complexity index is 811. The zero-order valence-corrected chi connectivity index (χ0v) is 15.9. The maximum atomic E-state index is 12.8. The van der Waals surface area contributed by atoms with Crippen LogP contribution in [-0.2, 0) is 19.5 Å². The highest BCUT2D eigenvalue weighted by Crippen LogP contribution is 2.12. The lowest BCUT2D eigenvalue weighted by molar-refractivity contribution is 0.192. The van der Waals surface area contributed by atoms with Crippen LogP contribution in [-0.4, -0.2) is 17.5 Å². The first kappa shape index (κ1) is 19.0.